The summed E-state index contributed by atoms with van der Waals surface area (Å²) in [6, 6.07) is 13.2. The normalized spacial score (nSPS) is 16.4. The number of carbonyl (C=O) groups excluding carboxylic acids is 1. The Morgan fingerprint density at radius 2 is 1.76 bits per heavy atom. The van der Waals surface area contributed by atoms with Crippen LogP contribution in [0.15, 0.2) is 47.4 Å². The number of fused-ring (bicyclic) bond motifs is 1. The molecule has 0 bridgehead atoms. The molecule has 3 rings (SSSR count). The minimum absolute atomic E-state index is 0.123. The van der Waals surface area contributed by atoms with E-state index in [9.17, 15) is 13.2 Å². The minimum atomic E-state index is -3.58. The van der Waals surface area contributed by atoms with Gasteiger partial charge in [0.25, 0.3) is 5.91 Å². The highest BCUT2D eigenvalue weighted by molar-refractivity contribution is 7.89. The largest absolute Gasteiger partial charge is 0.376 e. The van der Waals surface area contributed by atoms with Crippen molar-refractivity contribution in [3.05, 3.63) is 53.6 Å². The van der Waals surface area contributed by atoms with Gasteiger partial charge >= 0.3 is 0 Å². The van der Waals surface area contributed by atoms with Crippen LogP contribution in [-0.4, -0.2) is 59.9 Å². The van der Waals surface area contributed by atoms with Crippen LogP contribution in [0.3, 0.4) is 0 Å². The summed E-state index contributed by atoms with van der Waals surface area (Å²) < 4.78 is 26.1. The Bertz CT molecular complexity index is 1000. The molecule has 156 valence electrons. The van der Waals surface area contributed by atoms with Crippen LogP contribution in [0.4, 0.5) is 11.4 Å². The highest BCUT2D eigenvalue weighted by Gasteiger charge is 2.23. The van der Waals surface area contributed by atoms with E-state index in [0.717, 1.165) is 25.2 Å². The first kappa shape index (κ1) is 21.3. The average Bonchev–Trinajstić information content (AvgIpc) is 2.67. The van der Waals surface area contributed by atoms with Crippen molar-refractivity contribution < 1.29 is 18.1 Å². The van der Waals surface area contributed by atoms with Crippen LogP contribution in [0.2, 0.25) is 0 Å². The van der Waals surface area contributed by atoms with Gasteiger partial charge < -0.3 is 15.1 Å². The molecule has 29 heavy (non-hydrogen) atoms. The molecule has 0 saturated heterocycles. The molecule has 0 aliphatic carbocycles. The summed E-state index contributed by atoms with van der Waals surface area (Å²) in [6.45, 7) is 2.06. The SMILES string of the molecule is CN(C)c1ccc(S(=O)(=O)N(C)C)cc1NC(=O)C[NH+]1CCc2ccccc2C1. The topological polar surface area (TPSA) is 74.2 Å². The van der Waals surface area contributed by atoms with E-state index < -0.39 is 10.0 Å². The summed E-state index contributed by atoms with van der Waals surface area (Å²) >= 11 is 0. The molecule has 2 aromatic carbocycles. The fraction of sp³-hybridized carbons (Fsp3) is 0.381. The number of hydrogen-bond acceptors (Lipinski definition) is 4. The molecule has 0 aromatic heterocycles. The number of carbonyl (C=O) groups is 1. The molecule has 1 atom stereocenters. The van der Waals surface area contributed by atoms with Crippen molar-refractivity contribution >= 4 is 27.3 Å². The fourth-order valence-electron chi connectivity index (χ4n) is 3.59. The summed E-state index contributed by atoms with van der Waals surface area (Å²) in [4.78, 5) is 16.0. The smallest absolute Gasteiger partial charge is 0.279 e. The summed E-state index contributed by atoms with van der Waals surface area (Å²) in [6.07, 6.45) is 0.957. The van der Waals surface area contributed by atoms with Crippen molar-refractivity contribution in [2.24, 2.45) is 0 Å². The summed E-state index contributed by atoms with van der Waals surface area (Å²) in [7, 11) is 3.12. The summed E-state index contributed by atoms with van der Waals surface area (Å²) in [5, 5.41) is 2.93. The third-order valence-electron chi connectivity index (χ3n) is 5.22. The van der Waals surface area contributed by atoms with E-state index in [4.69, 9.17) is 0 Å². The molecule has 2 aromatic rings. The van der Waals surface area contributed by atoms with Gasteiger partial charge in [-0.2, -0.15) is 0 Å². The van der Waals surface area contributed by atoms with Gasteiger partial charge in [-0.25, -0.2) is 12.7 Å². The van der Waals surface area contributed by atoms with Crippen molar-refractivity contribution in [3.63, 3.8) is 0 Å². The number of nitrogens with one attached hydrogen (secondary N) is 2. The number of sulfonamides is 1. The van der Waals surface area contributed by atoms with Crippen molar-refractivity contribution in [2.75, 3.05) is 51.5 Å². The maximum absolute atomic E-state index is 12.8. The molecule has 0 fully saturated rings. The van der Waals surface area contributed by atoms with Crippen molar-refractivity contribution in [3.8, 4) is 0 Å². The molecule has 1 aliphatic rings. The maximum atomic E-state index is 12.8. The number of hydrogen-bond donors (Lipinski definition) is 2. The van der Waals surface area contributed by atoms with Gasteiger partial charge in [0.15, 0.2) is 6.54 Å². The highest BCUT2D eigenvalue weighted by atomic mass is 32.2. The quantitative estimate of drug-likeness (QED) is 0.721. The second-order valence-corrected chi connectivity index (χ2v) is 9.93. The van der Waals surface area contributed by atoms with E-state index in [1.807, 2.05) is 31.1 Å². The molecule has 1 amide bonds. The molecule has 0 saturated carbocycles. The summed E-state index contributed by atoms with van der Waals surface area (Å²) in [5.74, 6) is -0.123. The molecule has 1 aliphatic heterocycles. The Labute approximate surface area is 173 Å². The number of nitrogens with zero attached hydrogens (tertiary/aromatic N) is 2. The Morgan fingerprint density at radius 3 is 2.41 bits per heavy atom. The first-order valence-corrected chi connectivity index (χ1v) is 11.1. The fourth-order valence-corrected chi connectivity index (χ4v) is 4.52. The van der Waals surface area contributed by atoms with Crippen LogP contribution in [0.25, 0.3) is 0 Å². The zero-order valence-electron chi connectivity index (χ0n) is 17.4. The van der Waals surface area contributed by atoms with Crippen LogP contribution in [0, 0.1) is 0 Å². The van der Waals surface area contributed by atoms with Crippen molar-refractivity contribution in [2.45, 2.75) is 17.9 Å². The average molecular weight is 418 g/mol. The van der Waals surface area contributed by atoms with Crippen molar-refractivity contribution in [1.82, 2.24) is 4.31 Å². The Morgan fingerprint density at radius 1 is 1.07 bits per heavy atom. The Hall–Kier alpha value is -2.42. The lowest BCUT2D eigenvalue weighted by Gasteiger charge is -2.26. The monoisotopic (exact) mass is 417 g/mol. The number of benzene rings is 2. The van der Waals surface area contributed by atoms with Crippen LogP contribution in [0.1, 0.15) is 11.1 Å². The van der Waals surface area contributed by atoms with Crippen LogP contribution in [0.5, 0.6) is 0 Å². The van der Waals surface area contributed by atoms with E-state index in [1.54, 1.807) is 12.1 Å². The van der Waals surface area contributed by atoms with E-state index in [2.05, 4.69) is 17.4 Å². The van der Waals surface area contributed by atoms with Gasteiger partial charge in [-0.3, -0.25) is 4.79 Å². The van der Waals surface area contributed by atoms with Crippen LogP contribution >= 0.6 is 0 Å². The molecule has 1 heterocycles. The predicted molar refractivity (Wildman–Crippen MR) is 115 cm³/mol. The zero-order valence-corrected chi connectivity index (χ0v) is 18.2. The highest BCUT2D eigenvalue weighted by Crippen LogP contribution is 2.28. The molecule has 0 spiro atoms. The van der Waals surface area contributed by atoms with E-state index in [0.29, 0.717) is 12.2 Å². The van der Waals surface area contributed by atoms with Gasteiger partial charge in [0.2, 0.25) is 10.0 Å². The van der Waals surface area contributed by atoms with Crippen molar-refractivity contribution in [1.29, 1.82) is 0 Å². The second-order valence-electron chi connectivity index (χ2n) is 7.78. The molecule has 0 radical (unpaired) electrons. The molecule has 8 heteroatoms. The number of amides is 1. The van der Waals surface area contributed by atoms with Gasteiger partial charge in [0.1, 0.15) is 6.54 Å². The number of anilines is 2. The lowest BCUT2D eigenvalue weighted by Crippen LogP contribution is -3.12. The molecular weight excluding hydrogens is 388 g/mol. The molecular formula is C21H29N4O3S+. The second kappa shape index (κ2) is 8.52. The number of rotatable bonds is 6. The lowest BCUT2D eigenvalue weighted by atomic mass is 10.00. The first-order valence-electron chi connectivity index (χ1n) is 9.62. The zero-order chi connectivity index (χ0) is 21.2. The Balaban J connectivity index is 1.77. The predicted octanol–water partition coefficient (Wildman–Crippen LogP) is 0.583. The summed E-state index contributed by atoms with van der Waals surface area (Å²) in [5.41, 5.74) is 3.90. The molecule has 1 unspecified atom stereocenters. The maximum Gasteiger partial charge on any atom is 0.279 e. The molecule has 7 nitrogen and oxygen atoms in total. The van der Waals surface area contributed by atoms with E-state index >= 15 is 0 Å². The van der Waals surface area contributed by atoms with Gasteiger partial charge in [-0.1, -0.05) is 24.3 Å². The number of quaternary nitrogens is 1. The third kappa shape index (κ3) is 4.77. The van der Waals surface area contributed by atoms with Gasteiger partial charge in [-0.15, -0.1) is 0 Å². The van der Waals surface area contributed by atoms with Gasteiger partial charge in [0.05, 0.1) is 22.8 Å². The van der Waals surface area contributed by atoms with E-state index in [-0.39, 0.29) is 10.8 Å². The first-order chi connectivity index (χ1) is 13.7. The van der Waals surface area contributed by atoms with Gasteiger partial charge in [0, 0.05) is 40.2 Å². The minimum Gasteiger partial charge on any atom is -0.376 e. The van der Waals surface area contributed by atoms with Crippen LogP contribution in [-0.2, 0) is 27.8 Å². The lowest BCUT2D eigenvalue weighted by molar-refractivity contribution is -0.907. The molecule has 2 N–H and O–H groups in total. The van der Waals surface area contributed by atoms with E-state index in [1.165, 1.54) is 40.5 Å². The standard InChI is InChI=1S/C21H28N4O3S/c1-23(2)20-10-9-18(29(27,28)24(3)4)13-19(20)22-21(26)15-25-12-11-16-7-5-6-8-17(16)14-25/h5-10,13H,11-12,14-15H2,1-4H3,(H,22,26)/p+1. The van der Waals surface area contributed by atoms with Gasteiger partial charge in [-0.05, 0) is 23.8 Å². The van der Waals surface area contributed by atoms with Crippen LogP contribution < -0.4 is 15.1 Å². The Kier molecular flexibility index (Phi) is 6.26. The third-order valence-corrected chi connectivity index (χ3v) is 7.03.